The van der Waals surface area contributed by atoms with Gasteiger partial charge in [0.1, 0.15) is 11.6 Å². The molecule has 0 saturated heterocycles. The van der Waals surface area contributed by atoms with Gasteiger partial charge in [-0.05, 0) is 56.0 Å². The fraction of sp³-hybridized carbons (Fsp3) is 0.320. The molecule has 1 heterocycles. The van der Waals surface area contributed by atoms with Gasteiger partial charge in [0.15, 0.2) is 0 Å². The van der Waals surface area contributed by atoms with E-state index in [4.69, 9.17) is 4.74 Å². The minimum absolute atomic E-state index is 0.278. The number of hydrogen-bond acceptors (Lipinski definition) is 4. The number of benzene rings is 2. The zero-order valence-electron chi connectivity index (χ0n) is 19.0. The first kappa shape index (κ1) is 23.1. The molecule has 2 N–H and O–H groups in total. The van der Waals surface area contributed by atoms with E-state index in [9.17, 15) is 9.59 Å². The molecule has 0 aliphatic heterocycles. The van der Waals surface area contributed by atoms with Crippen molar-refractivity contribution in [1.29, 1.82) is 0 Å². The van der Waals surface area contributed by atoms with E-state index < -0.39 is 17.7 Å². The van der Waals surface area contributed by atoms with Gasteiger partial charge >= 0.3 is 6.09 Å². The Morgan fingerprint density at radius 1 is 1.06 bits per heavy atom. The molecule has 0 aliphatic rings. The highest BCUT2D eigenvalue weighted by Gasteiger charge is 2.21. The lowest BCUT2D eigenvalue weighted by atomic mass is 9.98. The molecule has 0 spiro atoms. The van der Waals surface area contributed by atoms with Crippen molar-refractivity contribution in [3.05, 3.63) is 78.1 Å². The summed E-state index contributed by atoms with van der Waals surface area (Å²) in [5, 5.41) is 9.70. The third-order valence-corrected chi connectivity index (χ3v) is 4.77. The molecule has 1 atom stereocenters. The average Bonchev–Trinajstić information content (AvgIpc) is 3.24. The zero-order valence-corrected chi connectivity index (χ0v) is 19.0. The predicted molar refractivity (Wildman–Crippen MR) is 124 cm³/mol. The van der Waals surface area contributed by atoms with E-state index in [1.165, 1.54) is 0 Å². The number of aromatic nitrogens is 2. The summed E-state index contributed by atoms with van der Waals surface area (Å²) in [5.74, 6) is -0.278. The first-order chi connectivity index (χ1) is 15.2. The third-order valence-electron chi connectivity index (χ3n) is 4.77. The van der Waals surface area contributed by atoms with Crippen molar-refractivity contribution in [2.75, 3.05) is 0 Å². The molecule has 0 saturated carbocycles. The molecule has 7 heteroatoms. The lowest BCUT2D eigenvalue weighted by molar-refractivity contribution is -0.122. The second-order valence-corrected chi connectivity index (χ2v) is 8.64. The molecule has 168 valence electrons. The molecule has 1 unspecified atom stereocenters. The lowest BCUT2D eigenvalue weighted by Gasteiger charge is -2.21. The van der Waals surface area contributed by atoms with E-state index in [1.54, 1.807) is 33.9 Å². The Hall–Kier alpha value is -3.61. The van der Waals surface area contributed by atoms with Gasteiger partial charge in [-0.2, -0.15) is 5.10 Å². The molecule has 2 amide bonds. The minimum Gasteiger partial charge on any atom is -0.444 e. The lowest BCUT2D eigenvalue weighted by Crippen LogP contribution is -2.46. The molecule has 7 nitrogen and oxygen atoms in total. The van der Waals surface area contributed by atoms with Gasteiger partial charge in [-0.1, -0.05) is 48.5 Å². The summed E-state index contributed by atoms with van der Waals surface area (Å²) in [6, 6.07) is 17.5. The van der Waals surface area contributed by atoms with Crippen molar-refractivity contribution in [1.82, 2.24) is 20.4 Å². The first-order valence-corrected chi connectivity index (χ1v) is 10.6. The minimum atomic E-state index is -0.710. The van der Waals surface area contributed by atoms with Crippen molar-refractivity contribution in [3.63, 3.8) is 0 Å². The number of amides is 2. The second kappa shape index (κ2) is 10.1. The van der Waals surface area contributed by atoms with Crippen LogP contribution in [0.1, 0.15) is 38.8 Å². The Morgan fingerprint density at radius 3 is 2.44 bits per heavy atom. The first-order valence-electron chi connectivity index (χ1n) is 10.6. The molecular weight excluding hydrogens is 404 g/mol. The Morgan fingerprint density at radius 2 is 1.78 bits per heavy atom. The van der Waals surface area contributed by atoms with Crippen LogP contribution in [0.2, 0.25) is 0 Å². The Balaban J connectivity index is 1.61. The number of nitrogens with zero attached hydrogens (tertiary/aromatic N) is 2. The molecule has 3 aromatic rings. The van der Waals surface area contributed by atoms with Crippen LogP contribution in [-0.2, 0) is 22.6 Å². The van der Waals surface area contributed by atoms with Crippen LogP contribution < -0.4 is 10.6 Å². The Kier molecular flexibility index (Phi) is 7.30. The molecular formula is C25H30N4O3. The summed E-state index contributed by atoms with van der Waals surface area (Å²) in [7, 11) is 0. The fourth-order valence-corrected chi connectivity index (χ4v) is 3.21. The van der Waals surface area contributed by atoms with Gasteiger partial charge in [-0.15, -0.1) is 0 Å². The highest BCUT2D eigenvalue weighted by Crippen LogP contribution is 2.24. The average molecular weight is 435 g/mol. The maximum Gasteiger partial charge on any atom is 0.408 e. The summed E-state index contributed by atoms with van der Waals surface area (Å²) in [6.07, 6.45) is 3.09. The summed E-state index contributed by atoms with van der Waals surface area (Å²) >= 11 is 0. The van der Waals surface area contributed by atoms with E-state index in [0.29, 0.717) is 13.1 Å². The predicted octanol–water partition coefficient (Wildman–Crippen LogP) is 4.13. The van der Waals surface area contributed by atoms with E-state index in [0.717, 1.165) is 22.3 Å². The van der Waals surface area contributed by atoms with Gasteiger partial charge < -0.3 is 15.4 Å². The van der Waals surface area contributed by atoms with Crippen LogP contribution in [0, 0.1) is 0 Å². The standard InChI is InChI=1S/C25H30N4O3/c1-18(28-24(31)32-25(2,3)4)23(30)26-16-21-8-5-6-9-22(21)20-12-10-19(11-13-20)17-29-15-7-14-27-29/h5-15,18H,16-17H2,1-4H3,(H,26,30)(H,28,31). The van der Waals surface area contributed by atoms with Crippen LogP contribution >= 0.6 is 0 Å². The van der Waals surface area contributed by atoms with Crippen molar-refractivity contribution in [2.45, 2.75) is 52.4 Å². The number of carbonyl (C=O) groups excluding carboxylic acids is 2. The van der Waals surface area contributed by atoms with E-state index in [1.807, 2.05) is 41.2 Å². The number of rotatable bonds is 7. The maximum absolute atomic E-state index is 12.5. The van der Waals surface area contributed by atoms with Crippen LogP contribution in [0.15, 0.2) is 67.0 Å². The van der Waals surface area contributed by atoms with Crippen molar-refractivity contribution < 1.29 is 14.3 Å². The normalized spacial score (nSPS) is 12.1. The number of ether oxygens (including phenoxy) is 1. The van der Waals surface area contributed by atoms with Crippen LogP contribution in [-0.4, -0.2) is 33.4 Å². The van der Waals surface area contributed by atoms with Gasteiger partial charge in [0.25, 0.3) is 0 Å². The van der Waals surface area contributed by atoms with Crippen LogP contribution in [0.3, 0.4) is 0 Å². The smallest absolute Gasteiger partial charge is 0.408 e. The number of alkyl carbamates (subject to hydrolysis) is 1. The molecule has 32 heavy (non-hydrogen) atoms. The largest absolute Gasteiger partial charge is 0.444 e. The van der Waals surface area contributed by atoms with Crippen molar-refractivity contribution in [2.24, 2.45) is 0 Å². The summed E-state index contributed by atoms with van der Waals surface area (Å²) in [4.78, 5) is 24.4. The molecule has 1 aromatic heterocycles. The summed E-state index contributed by atoms with van der Waals surface area (Å²) in [5.41, 5.74) is 3.65. The fourth-order valence-electron chi connectivity index (χ4n) is 3.21. The molecule has 0 fully saturated rings. The van der Waals surface area contributed by atoms with Crippen LogP contribution in [0.25, 0.3) is 11.1 Å². The van der Waals surface area contributed by atoms with Gasteiger partial charge in [0.2, 0.25) is 5.91 Å². The highest BCUT2D eigenvalue weighted by molar-refractivity contribution is 5.85. The molecule has 0 aliphatic carbocycles. The van der Waals surface area contributed by atoms with E-state index in [-0.39, 0.29) is 5.91 Å². The number of carbonyl (C=O) groups is 2. The van der Waals surface area contributed by atoms with Gasteiger partial charge in [0.05, 0.1) is 6.54 Å². The van der Waals surface area contributed by atoms with E-state index in [2.05, 4.69) is 40.0 Å². The monoisotopic (exact) mass is 434 g/mol. The molecule has 2 aromatic carbocycles. The van der Waals surface area contributed by atoms with Crippen LogP contribution in [0.4, 0.5) is 4.79 Å². The number of hydrogen-bond donors (Lipinski definition) is 2. The zero-order chi connectivity index (χ0) is 23.1. The topological polar surface area (TPSA) is 85.2 Å². The summed E-state index contributed by atoms with van der Waals surface area (Å²) in [6.45, 7) is 8.02. The number of nitrogens with one attached hydrogen (secondary N) is 2. The van der Waals surface area contributed by atoms with E-state index >= 15 is 0 Å². The molecule has 0 radical (unpaired) electrons. The van der Waals surface area contributed by atoms with Gasteiger partial charge in [0, 0.05) is 18.9 Å². The van der Waals surface area contributed by atoms with Crippen molar-refractivity contribution in [3.8, 4) is 11.1 Å². The van der Waals surface area contributed by atoms with Gasteiger partial charge in [-0.25, -0.2) is 4.79 Å². The third kappa shape index (κ3) is 6.70. The van der Waals surface area contributed by atoms with Crippen LogP contribution in [0.5, 0.6) is 0 Å². The van der Waals surface area contributed by atoms with Crippen molar-refractivity contribution >= 4 is 12.0 Å². The molecule has 0 bridgehead atoms. The SMILES string of the molecule is CC(NC(=O)OC(C)(C)C)C(=O)NCc1ccccc1-c1ccc(Cn2cccn2)cc1. The highest BCUT2D eigenvalue weighted by atomic mass is 16.6. The second-order valence-electron chi connectivity index (χ2n) is 8.64. The maximum atomic E-state index is 12.5. The Bertz CT molecular complexity index is 1040. The quantitative estimate of drug-likeness (QED) is 0.586. The molecule has 3 rings (SSSR count). The Labute approximate surface area is 188 Å². The summed E-state index contributed by atoms with van der Waals surface area (Å²) < 4.78 is 7.09. The van der Waals surface area contributed by atoms with Gasteiger partial charge in [-0.3, -0.25) is 9.48 Å².